The number of H-pyrrole nitrogens is 1. The lowest BCUT2D eigenvalue weighted by atomic mass is 10.5. The fourth-order valence-corrected chi connectivity index (χ4v) is 2.22. The molecule has 5 heteroatoms. The number of aromatic amines is 1. The Hall–Kier alpha value is -0.000000000000000111. The van der Waals surface area contributed by atoms with Gasteiger partial charge < -0.3 is 4.98 Å². The van der Waals surface area contributed by atoms with Gasteiger partial charge in [0.25, 0.3) is 5.56 Å². The van der Waals surface area contributed by atoms with Gasteiger partial charge in [0.05, 0.1) is 4.90 Å². The number of pyridine rings is 1. The molecular weight excluding hydrogens is 186 g/mol. The van der Waals surface area contributed by atoms with Crippen molar-refractivity contribution in [2.75, 3.05) is 0 Å². The average Bonchev–Trinajstić information content (AvgIpc) is 1.94. The lowest BCUT2D eigenvalue weighted by Gasteiger charge is -1.91. The summed E-state index contributed by atoms with van der Waals surface area (Å²) in [6.07, 6.45) is 1.61. The Labute approximate surface area is 71.0 Å². The van der Waals surface area contributed by atoms with Gasteiger partial charge in [0.2, 0.25) is 0 Å². The van der Waals surface area contributed by atoms with Crippen molar-refractivity contribution in [3.8, 4) is 0 Å². The molecule has 1 heterocycles. The van der Waals surface area contributed by atoms with Crippen LogP contribution in [0.1, 0.15) is 0 Å². The third-order valence-electron chi connectivity index (χ3n) is 0.909. The zero-order chi connectivity index (χ0) is 7.40. The monoisotopic (exact) mass is 191 g/mol. The maximum absolute atomic E-state index is 10.9. The first-order valence-corrected chi connectivity index (χ1v) is 5.70. The first-order chi connectivity index (χ1) is 4.84. The fourth-order valence-electron chi connectivity index (χ4n) is 0.512. The standard InChI is InChI=1S/C5H5NOS3/c7-5-4(9-10-8)2-1-3-6-5/h1-3,8H,(H,6,7). The van der Waals surface area contributed by atoms with Crippen LogP contribution < -0.4 is 5.56 Å². The number of hydrogen-bond donors (Lipinski definition) is 2. The van der Waals surface area contributed by atoms with Gasteiger partial charge >= 0.3 is 0 Å². The second kappa shape index (κ2) is 4.00. The highest BCUT2D eigenvalue weighted by atomic mass is 33.5. The van der Waals surface area contributed by atoms with Crippen LogP contribution in [-0.2, 0) is 0 Å². The molecule has 1 rings (SSSR count). The van der Waals surface area contributed by atoms with Gasteiger partial charge in [-0.25, -0.2) is 0 Å². The lowest BCUT2D eigenvalue weighted by Crippen LogP contribution is -2.04. The quantitative estimate of drug-likeness (QED) is 0.554. The molecule has 0 unspecified atom stereocenters. The van der Waals surface area contributed by atoms with Crippen LogP contribution in [0.15, 0.2) is 28.0 Å². The van der Waals surface area contributed by atoms with Crippen molar-refractivity contribution in [1.82, 2.24) is 4.98 Å². The van der Waals surface area contributed by atoms with E-state index in [4.69, 9.17) is 0 Å². The van der Waals surface area contributed by atoms with Crippen molar-refractivity contribution >= 4 is 32.3 Å². The maximum Gasteiger partial charge on any atom is 0.262 e. The average molecular weight is 191 g/mol. The van der Waals surface area contributed by atoms with E-state index in [1.807, 2.05) is 0 Å². The minimum absolute atomic E-state index is 0.0611. The normalized spacial score (nSPS) is 9.70. The Morgan fingerprint density at radius 1 is 1.60 bits per heavy atom. The fraction of sp³-hybridized carbons (Fsp3) is 0. The predicted molar refractivity (Wildman–Crippen MR) is 49.5 cm³/mol. The molecule has 0 amide bonds. The molecule has 0 atom stereocenters. The number of thiol groups is 1. The van der Waals surface area contributed by atoms with E-state index in [2.05, 4.69) is 16.6 Å². The van der Waals surface area contributed by atoms with Crippen LogP contribution in [0.5, 0.6) is 0 Å². The lowest BCUT2D eigenvalue weighted by molar-refractivity contribution is 1.15. The molecule has 0 saturated heterocycles. The van der Waals surface area contributed by atoms with E-state index in [1.165, 1.54) is 20.6 Å². The van der Waals surface area contributed by atoms with Crippen LogP contribution in [0, 0.1) is 0 Å². The molecule has 0 fully saturated rings. The third-order valence-corrected chi connectivity index (χ3v) is 2.92. The van der Waals surface area contributed by atoms with Gasteiger partial charge in [-0.2, -0.15) is 0 Å². The van der Waals surface area contributed by atoms with Crippen LogP contribution in [0.3, 0.4) is 0 Å². The second-order valence-electron chi connectivity index (χ2n) is 1.52. The van der Waals surface area contributed by atoms with Crippen molar-refractivity contribution in [2.24, 2.45) is 0 Å². The van der Waals surface area contributed by atoms with E-state index in [0.29, 0.717) is 4.90 Å². The SMILES string of the molecule is O=c1[nH]cccc1SSS. The van der Waals surface area contributed by atoms with Gasteiger partial charge in [-0.1, -0.05) is 11.7 Å². The van der Waals surface area contributed by atoms with Crippen LogP contribution in [-0.4, -0.2) is 4.98 Å². The smallest absolute Gasteiger partial charge is 0.262 e. The number of nitrogens with one attached hydrogen (secondary N) is 1. The highest BCUT2D eigenvalue weighted by Gasteiger charge is 1.95. The Balaban J connectivity index is 2.92. The second-order valence-corrected chi connectivity index (χ2v) is 4.57. The molecule has 10 heavy (non-hydrogen) atoms. The van der Waals surface area contributed by atoms with E-state index in [0.717, 1.165) is 0 Å². The molecule has 54 valence electrons. The summed E-state index contributed by atoms with van der Waals surface area (Å²) in [5.74, 6) is 0. The largest absolute Gasteiger partial charge is 0.328 e. The summed E-state index contributed by atoms with van der Waals surface area (Å²) in [5, 5.41) is 0. The molecule has 0 bridgehead atoms. The van der Waals surface area contributed by atoms with E-state index >= 15 is 0 Å². The Kier molecular flexibility index (Phi) is 3.24. The van der Waals surface area contributed by atoms with Gasteiger partial charge in [-0.05, 0) is 32.8 Å². The topological polar surface area (TPSA) is 32.9 Å². The first-order valence-electron chi connectivity index (χ1n) is 2.50. The van der Waals surface area contributed by atoms with Crippen LogP contribution >= 0.6 is 32.3 Å². The molecule has 0 radical (unpaired) electrons. The van der Waals surface area contributed by atoms with E-state index in [9.17, 15) is 4.79 Å². The molecular formula is C5H5NOS3. The molecule has 1 N–H and O–H groups in total. The Bertz CT molecular complexity index is 259. The summed E-state index contributed by atoms with van der Waals surface area (Å²) in [6.45, 7) is 0. The molecule has 2 nitrogen and oxygen atoms in total. The highest BCUT2D eigenvalue weighted by Crippen LogP contribution is 2.30. The zero-order valence-corrected chi connectivity index (χ0v) is 7.43. The first kappa shape index (κ1) is 8.10. The Morgan fingerprint density at radius 2 is 2.40 bits per heavy atom. The summed E-state index contributed by atoms with van der Waals surface area (Å²) >= 11 is 3.91. The van der Waals surface area contributed by atoms with Crippen molar-refractivity contribution in [3.63, 3.8) is 0 Å². The van der Waals surface area contributed by atoms with Crippen LogP contribution in [0.25, 0.3) is 0 Å². The number of aromatic nitrogens is 1. The number of hydrogen-bond acceptors (Lipinski definition) is 4. The van der Waals surface area contributed by atoms with Gasteiger partial charge in [-0.15, -0.1) is 0 Å². The van der Waals surface area contributed by atoms with Gasteiger partial charge in [-0.3, -0.25) is 4.79 Å². The molecule has 0 saturated carbocycles. The van der Waals surface area contributed by atoms with Gasteiger partial charge in [0.15, 0.2) is 0 Å². The summed E-state index contributed by atoms with van der Waals surface area (Å²) < 4.78 is 0. The van der Waals surface area contributed by atoms with Crippen LogP contribution in [0.4, 0.5) is 0 Å². The van der Waals surface area contributed by atoms with Crippen molar-refractivity contribution in [3.05, 3.63) is 28.7 Å². The summed E-state index contributed by atoms with van der Waals surface area (Å²) in [6, 6.07) is 3.54. The summed E-state index contributed by atoms with van der Waals surface area (Å²) in [5.41, 5.74) is -0.0611. The van der Waals surface area contributed by atoms with Gasteiger partial charge in [0, 0.05) is 6.20 Å². The zero-order valence-electron chi connectivity index (χ0n) is 4.90. The molecule has 0 aromatic carbocycles. The van der Waals surface area contributed by atoms with E-state index in [1.54, 1.807) is 18.3 Å². The molecule has 0 aliphatic carbocycles. The molecule has 0 aliphatic rings. The van der Waals surface area contributed by atoms with Crippen LogP contribution in [0.2, 0.25) is 0 Å². The maximum atomic E-state index is 10.9. The molecule has 0 spiro atoms. The van der Waals surface area contributed by atoms with Crippen molar-refractivity contribution in [1.29, 1.82) is 0 Å². The summed E-state index contributed by atoms with van der Waals surface area (Å²) in [7, 11) is 2.60. The Morgan fingerprint density at radius 3 is 3.00 bits per heavy atom. The minimum atomic E-state index is -0.0611. The minimum Gasteiger partial charge on any atom is -0.328 e. The van der Waals surface area contributed by atoms with Gasteiger partial charge in [0.1, 0.15) is 0 Å². The van der Waals surface area contributed by atoms with Crippen molar-refractivity contribution in [2.45, 2.75) is 4.90 Å². The molecule has 0 aliphatic heterocycles. The third kappa shape index (κ3) is 2.00. The van der Waals surface area contributed by atoms with E-state index < -0.39 is 0 Å². The van der Waals surface area contributed by atoms with Crippen molar-refractivity contribution < 1.29 is 0 Å². The molecule has 1 aromatic heterocycles. The number of rotatable bonds is 2. The predicted octanol–water partition coefficient (Wildman–Crippen LogP) is 1.96. The highest BCUT2D eigenvalue weighted by molar-refractivity contribution is 9.05. The molecule has 1 aromatic rings. The van der Waals surface area contributed by atoms with E-state index in [-0.39, 0.29) is 5.56 Å². The summed E-state index contributed by atoms with van der Waals surface area (Å²) in [4.78, 5) is 14.1.